The molecule has 0 saturated carbocycles. The highest BCUT2D eigenvalue weighted by Gasteiger charge is 2.35. The largest absolute Gasteiger partial charge is 0.408 e. The Labute approximate surface area is 161 Å². The zero-order valence-electron chi connectivity index (χ0n) is 15.6. The van der Waals surface area contributed by atoms with E-state index >= 15 is 0 Å². The molecule has 4 rings (SSSR count). The van der Waals surface area contributed by atoms with Crippen LogP contribution in [-0.2, 0) is 11.2 Å². The third-order valence-electron chi connectivity index (χ3n) is 5.09. The number of aryl methyl sites for hydroxylation is 1. The van der Waals surface area contributed by atoms with E-state index < -0.39 is 0 Å². The average molecular weight is 383 g/mol. The first-order valence-corrected chi connectivity index (χ1v) is 9.38. The number of piperazine rings is 1. The van der Waals surface area contributed by atoms with Gasteiger partial charge in [0.2, 0.25) is 11.8 Å². The second-order valence-electron chi connectivity index (χ2n) is 6.76. The van der Waals surface area contributed by atoms with Gasteiger partial charge in [0, 0.05) is 45.6 Å². The SMILES string of the molecule is CCc1nnc(N2CCN(C(=O)CCN3C(=O)c4ccccc4C3=O)CC2)o1. The molecule has 1 fully saturated rings. The maximum Gasteiger partial charge on any atom is 0.318 e. The summed E-state index contributed by atoms with van der Waals surface area (Å²) < 4.78 is 5.56. The van der Waals surface area contributed by atoms with Crippen molar-refractivity contribution in [1.82, 2.24) is 20.0 Å². The van der Waals surface area contributed by atoms with Crippen molar-refractivity contribution in [2.45, 2.75) is 19.8 Å². The minimum absolute atomic E-state index is 0.0732. The van der Waals surface area contributed by atoms with Crippen molar-refractivity contribution in [3.63, 3.8) is 0 Å². The summed E-state index contributed by atoms with van der Waals surface area (Å²) in [4.78, 5) is 42.1. The summed E-state index contributed by atoms with van der Waals surface area (Å²) >= 11 is 0. The van der Waals surface area contributed by atoms with Crippen LogP contribution in [0.25, 0.3) is 0 Å². The fourth-order valence-electron chi connectivity index (χ4n) is 3.47. The van der Waals surface area contributed by atoms with Crippen molar-refractivity contribution in [3.8, 4) is 0 Å². The summed E-state index contributed by atoms with van der Waals surface area (Å²) in [5.41, 5.74) is 0.805. The van der Waals surface area contributed by atoms with Crippen molar-refractivity contribution in [2.24, 2.45) is 0 Å². The summed E-state index contributed by atoms with van der Waals surface area (Å²) in [5.74, 6) is -0.145. The topological polar surface area (TPSA) is 99.9 Å². The highest BCUT2D eigenvalue weighted by Crippen LogP contribution is 2.23. The maximum absolute atomic E-state index is 12.5. The predicted molar refractivity (Wildman–Crippen MR) is 98.9 cm³/mol. The number of anilines is 1. The van der Waals surface area contributed by atoms with Crippen LogP contribution in [0.15, 0.2) is 28.7 Å². The normalized spacial score (nSPS) is 16.7. The quantitative estimate of drug-likeness (QED) is 0.709. The van der Waals surface area contributed by atoms with E-state index in [1.54, 1.807) is 29.2 Å². The smallest absolute Gasteiger partial charge is 0.318 e. The molecular weight excluding hydrogens is 362 g/mol. The van der Waals surface area contributed by atoms with Crippen LogP contribution < -0.4 is 4.90 Å². The zero-order chi connectivity index (χ0) is 19.7. The third-order valence-corrected chi connectivity index (χ3v) is 5.09. The van der Waals surface area contributed by atoms with Crippen LogP contribution in [0, 0.1) is 0 Å². The van der Waals surface area contributed by atoms with Gasteiger partial charge in [-0.15, -0.1) is 5.10 Å². The van der Waals surface area contributed by atoms with Crippen LogP contribution in [0.2, 0.25) is 0 Å². The minimum Gasteiger partial charge on any atom is -0.408 e. The summed E-state index contributed by atoms with van der Waals surface area (Å²) in [6.07, 6.45) is 0.801. The second-order valence-corrected chi connectivity index (χ2v) is 6.76. The van der Waals surface area contributed by atoms with Gasteiger partial charge in [-0.25, -0.2) is 0 Å². The van der Waals surface area contributed by atoms with E-state index in [1.165, 1.54) is 0 Å². The summed E-state index contributed by atoms with van der Waals surface area (Å²) in [6.45, 7) is 4.31. The molecule has 1 saturated heterocycles. The number of aromatic nitrogens is 2. The van der Waals surface area contributed by atoms with Gasteiger partial charge in [0.1, 0.15) is 0 Å². The molecule has 9 heteroatoms. The average Bonchev–Trinajstić information content (AvgIpc) is 3.31. The van der Waals surface area contributed by atoms with Gasteiger partial charge in [-0.2, -0.15) is 0 Å². The van der Waals surface area contributed by atoms with Gasteiger partial charge in [-0.1, -0.05) is 24.2 Å². The van der Waals surface area contributed by atoms with E-state index in [-0.39, 0.29) is 30.7 Å². The Balaban J connectivity index is 1.30. The standard InChI is InChI=1S/C19H21N5O4/c1-2-15-20-21-19(28-15)23-11-9-22(10-12-23)16(25)7-8-24-17(26)13-5-3-4-6-14(13)18(24)27/h3-6H,2,7-12H2,1H3. The molecule has 146 valence electrons. The number of benzene rings is 1. The number of rotatable bonds is 5. The van der Waals surface area contributed by atoms with Crippen LogP contribution in [0.4, 0.5) is 6.01 Å². The highest BCUT2D eigenvalue weighted by atomic mass is 16.4. The Morgan fingerprint density at radius 1 is 1.04 bits per heavy atom. The van der Waals surface area contributed by atoms with Gasteiger partial charge in [-0.3, -0.25) is 19.3 Å². The number of carbonyl (C=O) groups is 3. The molecule has 2 aromatic rings. The van der Waals surface area contributed by atoms with Gasteiger partial charge in [0.15, 0.2) is 0 Å². The van der Waals surface area contributed by atoms with Crippen molar-refractivity contribution >= 4 is 23.7 Å². The van der Waals surface area contributed by atoms with Crippen molar-refractivity contribution in [3.05, 3.63) is 41.3 Å². The van der Waals surface area contributed by atoms with E-state index in [2.05, 4.69) is 10.2 Å². The van der Waals surface area contributed by atoms with Gasteiger partial charge in [0.25, 0.3) is 11.8 Å². The molecule has 0 N–H and O–H groups in total. The van der Waals surface area contributed by atoms with Crippen LogP contribution in [0.3, 0.4) is 0 Å². The molecule has 9 nitrogen and oxygen atoms in total. The lowest BCUT2D eigenvalue weighted by Gasteiger charge is -2.33. The fourth-order valence-corrected chi connectivity index (χ4v) is 3.47. The number of imide groups is 1. The molecule has 0 aliphatic carbocycles. The zero-order valence-corrected chi connectivity index (χ0v) is 15.6. The van der Waals surface area contributed by atoms with Gasteiger partial charge in [0.05, 0.1) is 11.1 Å². The Kier molecular flexibility index (Phi) is 4.81. The molecule has 3 amide bonds. The number of hydrogen-bond acceptors (Lipinski definition) is 7. The molecular formula is C19H21N5O4. The van der Waals surface area contributed by atoms with E-state index in [0.717, 1.165) is 4.90 Å². The molecule has 1 aromatic carbocycles. The van der Waals surface area contributed by atoms with E-state index in [9.17, 15) is 14.4 Å². The first-order chi connectivity index (χ1) is 13.6. The van der Waals surface area contributed by atoms with Crippen LogP contribution in [0.5, 0.6) is 0 Å². The Morgan fingerprint density at radius 2 is 1.68 bits per heavy atom. The molecule has 0 spiro atoms. The number of carbonyl (C=O) groups excluding carboxylic acids is 3. The first-order valence-electron chi connectivity index (χ1n) is 9.38. The van der Waals surface area contributed by atoms with Gasteiger partial charge < -0.3 is 14.2 Å². The Hall–Kier alpha value is -3.23. The lowest BCUT2D eigenvalue weighted by Crippen LogP contribution is -2.49. The molecule has 2 aliphatic heterocycles. The Morgan fingerprint density at radius 3 is 2.25 bits per heavy atom. The van der Waals surface area contributed by atoms with E-state index in [0.29, 0.717) is 55.6 Å². The number of amides is 3. The fraction of sp³-hybridized carbons (Fsp3) is 0.421. The maximum atomic E-state index is 12.5. The summed E-state index contributed by atoms with van der Waals surface area (Å²) in [6, 6.07) is 7.21. The molecule has 0 radical (unpaired) electrons. The Bertz CT molecular complexity index is 882. The summed E-state index contributed by atoms with van der Waals surface area (Å²) in [7, 11) is 0. The van der Waals surface area contributed by atoms with Crippen molar-refractivity contribution in [2.75, 3.05) is 37.6 Å². The lowest BCUT2D eigenvalue weighted by atomic mass is 10.1. The van der Waals surface area contributed by atoms with E-state index in [4.69, 9.17) is 4.42 Å². The molecule has 3 heterocycles. The summed E-state index contributed by atoms with van der Waals surface area (Å²) in [5, 5.41) is 7.99. The molecule has 2 aliphatic rings. The van der Waals surface area contributed by atoms with Gasteiger partial charge in [-0.05, 0) is 12.1 Å². The monoisotopic (exact) mass is 383 g/mol. The van der Waals surface area contributed by atoms with E-state index in [1.807, 2.05) is 11.8 Å². The second kappa shape index (κ2) is 7.41. The van der Waals surface area contributed by atoms with Crippen LogP contribution in [0.1, 0.15) is 40.0 Å². The van der Waals surface area contributed by atoms with Crippen LogP contribution in [-0.4, -0.2) is 70.4 Å². The third kappa shape index (κ3) is 3.23. The van der Waals surface area contributed by atoms with Gasteiger partial charge >= 0.3 is 6.01 Å². The van der Waals surface area contributed by atoms with Crippen molar-refractivity contribution < 1.29 is 18.8 Å². The molecule has 0 bridgehead atoms. The van der Waals surface area contributed by atoms with Crippen molar-refractivity contribution in [1.29, 1.82) is 0 Å². The lowest BCUT2D eigenvalue weighted by molar-refractivity contribution is -0.131. The molecule has 0 atom stereocenters. The predicted octanol–water partition coefficient (Wildman–Crippen LogP) is 0.967. The molecule has 0 unspecified atom stereocenters. The first kappa shape index (κ1) is 18.1. The number of hydrogen-bond donors (Lipinski definition) is 0. The highest BCUT2D eigenvalue weighted by molar-refractivity contribution is 6.21. The number of fused-ring (bicyclic) bond motifs is 1. The molecule has 1 aromatic heterocycles. The molecule has 28 heavy (non-hydrogen) atoms. The number of nitrogens with zero attached hydrogens (tertiary/aromatic N) is 5. The van der Waals surface area contributed by atoms with Crippen LogP contribution >= 0.6 is 0 Å². The minimum atomic E-state index is -0.332.